The number of rotatable bonds is 3. The van der Waals surface area contributed by atoms with Gasteiger partial charge in [0, 0.05) is 18.0 Å². The van der Waals surface area contributed by atoms with E-state index >= 15 is 0 Å². The van der Waals surface area contributed by atoms with Crippen molar-refractivity contribution in [2.45, 2.75) is 0 Å². The zero-order valence-corrected chi connectivity index (χ0v) is 6.93. The first-order chi connectivity index (χ1) is 6.22. The van der Waals surface area contributed by atoms with Crippen LogP contribution in [0.1, 0.15) is 0 Å². The molecule has 0 spiro atoms. The second-order valence-corrected chi connectivity index (χ2v) is 2.64. The molecule has 1 aliphatic heterocycles. The van der Waals surface area contributed by atoms with Crippen molar-refractivity contribution in [1.29, 1.82) is 0 Å². The Labute approximate surface area is 74.3 Å². The standard InChI is InChI=1S/C6H9N5O2/c7-10-8-1-2-11-3-5(12)9-6(13)4-11/h1-4H2,(H,9,12,13). The summed E-state index contributed by atoms with van der Waals surface area (Å²) in [5, 5.41) is 5.49. The molecule has 70 valence electrons. The topological polar surface area (TPSA) is 98.2 Å². The van der Waals surface area contributed by atoms with E-state index in [1.54, 1.807) is 4.90 Å². The third-order valence-corrected chi connectivity index (χ3v) is 1.59. The molecule has 7 nitrogen and oxygen atoms in total. The minimum atomic E-state index is -0.308. The fraction of sp³-hybridized carbons (Fsp3) is 0.667. The van der Waals surface area contributed by atoms with Gasteiger partial charge < -0.3 is 0 Å². The van der Waals surface area contributed by atoms with E-state index in [1.807, 2.05) is 0 Å². The van der Waals surface area contributed by atoms with E-state index in [0.29, 0.717) is 6.54 Å². The summed E-state index contributed by atoms with van der Waals surface area (Å²) in [6.07, 6.45) is 0. The number of carbonyl (C=O) groups is 2. The Kier molecular flexibility index (Phi) is 3.24. The molecule has 1 rings (SSSR count). The summed E-state index contributed by atoms with van der Waals surface area (Å²) in [5.74, 6) is -0.616. The molecule has 0 saturated carbocycles. The van der Waals surface area contributed by atoms with Gasteiger partial charge in [0.25, 0.3) is 0 Å². The monoisotopic (exact) mass is 183 g/mol. The normalized spacial score (nSPS) is 17.8. The van der Waals surface area contributed by atoms with E-state index in [1.165, 1.54) is 0 Å². The maximum absolute atomic E-state index is 10.8. The van der Waals surface area contributed by atoms with Gasteiger partial charge in [-0.25, -0.2) is 0 Å². The lowest BCUT2D eigenvalue weighted by Gasteiger charge is -2.24. The molecular weight excluding hydrogens is 174 g/mol. The van der Waals surface area contributed by atoms with Crippen LogP contribution in [-0.2, 0) is 9.59 Å². The molecule has 1 heterocycles. The molecule has 0 aliphatic carbocycles. The number of hydrogen-bond acceptors (Lipinski definition) is 4. The summed E-state index contributed by atoms with van der Waals surface area (Å²) in [6, 6.07) is 0. The Morgan fingerprint density at radius 1 is 1.46 bits per heavy atom. The number of azide groups is 1. The summed E-state index contributed by atoms with van der Waals surface area (Å²) in [5.41, 5.74) is 7.99. The number of imide groups is 1. The van der Waals surface area contributed by atoms with E-state index < -0.39 is 0 Å². The van der Waals surface area contributed by atoms with Crippen molar-refractivity contribution in [2.24, 2.45) is 5.11 Å². The number of hydrogen-bond donors (Lipinski definition) is 1. The average molecular weight is 183 g/mol. The third kappa shape index (κ3) is 3.10. The van der Waals surface area contributed by atoms with Crippen molar-refractivity contribution in [3.8, 4) is 0 Å². The Balaban J connectivity index is 2.37. The van der Waals surface area contributed by atoms with Crippen LogP contribution >= 0.6 is 0 Å². The molecule has 0 unspecified atom stereocenters. The zero-order chi connectivity index (χ0) is 9.68. The summed E-state index contributed by atoms with van der Waals surface area (Å²) < 4.78 is 0. The third-order valence-electron chi connectivity index (χ3n) is 1.59. The average Bonchev–Trinajstić information content (AvgIpc) is 2.03. The molecule has 0 radical (unpaired) electrons. The molecule has 0 aromatic carbocycles. The Hall–Kier alpha value is -1.59. The molecule has 0 atom stereocenters. The summed E-state index contributed by atoms with van der Waals surface area (Å²) >= 11 is 0. The second-order valence-electron chi connectivity index (χ2n) is 2.64. The predicted octanol–water partition coefficient (Wildman–Crippen LogP) is -0.745. The second kappa shape index (κ2) is 4.44. The molecule has 1 saturated heterocycles. The van der Waals surface area contributed by atoms with Crippen molar-refractivity contribution in [1.82, 2.24) is 10.2 Å². The minimum absolute atomic E-state index is 0.187. The van der Waals surface area contributed by atoms with Gasteiger partial charge in [-0.15, -0.1) is 0 Å². The van der Waals surface area contributed by atoms with Crippen LogP contribution in [0, 0.1) is 0 Å². The summed E-state index contributed by atoms with van der Waals surface area (Å²) in [4.78, 5) is 25.9. The zero-order valence-electron chi connectivity index (χ0n) is 6.93. The van der Waals surface area contributed by atoms with E-state index in [9.17, 15) is 9.59 Å². The highest BCUT2D eigenvalue weighted by Gasteiger charge is 2.21. The Morgan fingerprint density at radius 2 is 2.08 bits per heavy atom. The fourth-order valence-electron chi connectivity index (χ4n) is 1.09. The minimum Gasteiger partial charge on any atom is -0.294 e. The highest BCUT2D eigenvalue weighted by molar-refractivity contribution is 5.99. The molecule has 0 aromatic rings. The predicted molar refractivity (Wildman–Crippen MR) is 43.6 cm³/mol. The smallest absolute Gasteiger partial charge is 0.240 e. The molecule has 13 heavy (non-hydrogen) atoms. The summed E-state index contributed by atoms with van der Waals surface area (Å²) in [6.45, 7) is 1.08. The van der Waals surface area contributed by atoms with Gasteiger partial charge in [-0.1, -0.05) is 5.11 Å². The van der Waals surface area contributed by atoms with E-state index in [-0.39, 0.29) is 31.4 Å². The number of nitrogens with zero attached hydrogens (tertiary/aromatic N) is 4. The highest BCUT2D eigenvalue weighted by atomic mass is 16.2. The van der Waals surface area contributed by atoms with Gasteiger partial charge in [0.05, 0.1) is 13.1 Å². The Morgan fingerprint density at radius 3 is 2.62 bits per heavy atom. The lowest BCUT2D eigenvalue weighted by Crippen LogP contribution is -2.51. The van der Waals surface area contributed by atoms with E-state index in [0.717, 1.165) is 0 Å². The van der Waals surface area contributed by atoms with Gasteiger partial charge in [0.2, 0.25) is 11.8 Å². The van der Waals surface area contributed by atoms with Gasteiger partial charge in [-0.2, -0.15) is 0 Å². The number of piperazine rings is 1. The van der Waals surface area contributed by atoms with Crippen LogP contribution in [0.5, 0.6) is 0 Å². The van der Waals surface area contributed by atoms with Crippen LogP contribution in [0.25, 0.3) is 10.4 Å². The maximum atomic E-state index is 10.8. The quantitative estimate of drug-likeness (QED) is 0.270. The number of carbonyl (C=O) groups excluding carboxylic acids is 2. The van der Waals surface area contributed by atoms with Crippen LogP contribution in [0.2, 0.25) is 0 Å². The molecule has 1 aliphatic rings. The number of amides is 2. The fourth-order valence-corrected chi connectivity index (χ4v) is 1.09. The van der Waals surface area contributed by atoms with Crippen LogP contribution in [-0.4, -0.2) is 42.9 Å². The SMILES string of the molecule is [N-]=[N+]=NCCN1CC(=O)NC(=O)C1. The molecule has 7 heteroatoms. The van der Waals surface area contributed by atoms with Gasteiger partial charge in [0.15, 0.2) is 0 Å². The molecule has 0 bridgehead atoms. The first-order valence-electron chi connectivity index (χ1n) is 3.78. The lowest BCUT2D eigenvalue weighted by molar-refractivity contribution is -0.135. The van der Waals surface area contributed by atoms with Crippen LogP contribution in [0.3, 0.4) is 0 Å². The molecule has 1 fully saturated rings. The molecule has 2 amide bonds. The number of nitrogens with one attached hydrogen (secondary N) is 1. The van der Waals surface area contributed by atoms with E-state index in [2.05, 4.69) is 15.3 Å². The lowest BCUT2D eigenvalue weighted by atomic mass is 10.3. The van der Waals surface area contributed by atoms with Crippen LogP contribution in [0.15, 0.2) is 5.11 Å². The van der Waals surface area contributed by atoms with Crippen molar-refractivity contribution >= 4 is 11.8 Å². The van der Waals surface area contributed by atoms with Gasteiger partial charge in [-0.05, 0) is 5.53 Å². The molecule has 1 N–H and O–H groups in total. The van der Waals surface area contributed by atoms with Gasteiger partial charge in [0.1, 0.15) is 0 Å². The van der Waals surface area contributed by atoms with Crippen molar-refractivity contribution in [2.75, 3.05) is 26.2 Å². The largest absolute Gasteiger partial charge is 0.294 e. The van der Waals surface area contributed by atoms with Gasteiger partial charge >= 0.3 is 0 Å². The summed E-state index contributed by atoms with van der Waals surface area (Å²) in [7, 11) is 0. The van der Waals surface area contributed by atoms with Crippen molar-refractivity contribution in [3.05, 3.63) is 10.4 Å². The van der Waals surface area contributed by atoms with Crippen LogP contribution < -0.4 is 5.32 Å². The Bertz CT molecular complexity index is 254. The van der Waals surface area contributed by atoms with Gasteiger partial charge in [-0.3, -0.25) is 19.8 Å². The van der Waals surface area contributed by atoms with Crippen LogP contribution in [0.4, 0.5) is 0 Å². The van der Waals surface area contributed by atoms with Crippen molar-refractivity contribution < 1.29 is 9.59 Å². The highest BCUT2D eigenvalue weighted by Crippen LogP contribution is 1.93. The molecule has 0 aromatic heterocycles. The first kappa shape index (κ1) is 9.50. The van der Waals surface area contributed by atoms with Crippen molar-refractivity contribution in [3.63, 3.8) is 0 Å². The van der Waals surface area contributed by atoms with E-state index in [4.69, 9.17) is 5.53 Å². The first-order valence-corrected chi connectivity index (χ1v) is 3.78. The maximum Gasteiger partial charge on any atom is 0.240 e. The molecular formula is C6H9N5O2.